The third-order valence-corrected chi connectivity index (χ3v) is 6.17. The first kappa shape index (κ1) is 21.8. The fourth-order valence-electron chi connectivity index (χ4n) is 4.39. The van der Waals surface area contributed by atoms with E-state index in [0.29, 0.717) is 18.8 Å². The van der Waals surface area contributed by atoms with Crippen molar-refractivity contribution in [1.29, 1.82) is 0 Å². The fourth-order valence-corrected chi connectivity index (χ4v) is 4.39. The van der Waals surface area contributed by atoms with E-state index in [2.05, 4.69) is 20.5 Å². The van der Waals surface area contributed by atoms with Crippen LogP contribution in [0.5, 0.6) is 0 Å². The van der Waals surface area contributed by atoms with E-state index >= 15 is 0 Å². The van der Waals surface area contributed by atoms with Gasteiger partial charge in [0.15, 0.2) is 0 Å². The van der Waals surface area contributed by atoms with Gasteiger partial charge in [-0.15, -0.1) is 0 Å². The summed E-state index contributed by atoms with van der Waals surface area (Å²) >= 11 is 0. The lowest BCUT2D eigenvalue weighted by molar-refractivity contribution is 0.194. The van der Waals surface area contributed by atoms with Crippen LogP contribution in [0.4, 0.5) is 19.3 Å². The Kier molecular flexibility index (Phi) is 6.03. The highest BCUT2D eigenvalue weighted by atomic mass is 19.1. The van der Waals surface area contributed by atoms with E-state index in [1.807, 2.05) is 12.1 Å². The van der Waals surface area contributed by atoms with E-state index in [9.17, 15) is 13.6 Å². The molecule has 0 aliphatic carbocycles. The fraction of sp³-hybridized carbons (Fsp3) is 0.192. The first-order valence-electron chi connectivity index (χ1n) is 11.1. The van der Waals surface area contributed by atoms with Crippen molar-refractivity contribution < 1.29 is 13.6 Å². The number of hydrogen-bond acceptors (Lipinski definition) is 3. The summed E-state index contributed by atoms with van der Waals surface area (Å²) in [5.41, 5.74) is 5.11. The van der Waals surface area contributed by atoms with Crippen molar-refractivity contribution in [1.82, 2.24) is 20.1 Å². The highest BCUT2D eigenvalue weighted by Crippen LogP contribution is 2.39. The van der Waals surface area contributed by atoms with Crippen molar-refractivity contribution >= 4 is 11.7 Å². The summed E-state index contributed by atoms with van der Waals surface area (Å²) in [6.07, 6.45) is 5.01. The number of carbonyl (C=O) groups is 1. The van der Waals surface area contributed by atoms with Gasteiger partial charge in [0.05, 0.1) is 0 Å². The number of aromatic amines is 1. The molecule has 1 aliphatic rings. The van der Waals surface area contributed by atoms with Gasteiger partial charge in [0.2, 0.25) is 0 Å². The van der Waals surface area contributed by atoms with Crippen LogP contribution < -0.4 is 5.32 Å². The maximum atomic E-state index is 13.5. The quantitative estimate of drug-likeness (QED) is 0.403. The van der Waals surface area contributed by atoms with Gasteiger partial charge in [-0.1, -0.05) is 0 Å². The number of piperidine rings is 1. The third-order valence-electron chi connectivity index (χ3n) is 6.17. The van der Waals surface area contributed by atoms with Crippen LogP contribution in [0.1, 0.15) is 24.5 Å². The molecule has 34 heavy (non-hydrogen) atoms. The second-order valence-electron chi connectivity index (χ2n) is 8.30. The lowest BCUT2D eigenvalue weighted by Crippen LogP contribution is -2.40. The number of rotatable bonds is 4. The zero-order valence-electron chi connectivity index (χ0n) is 18.3. The molecule has 4 aromatic rings. The molecule has 0 bridgehead atoms. The average molecular weight is 460 g/mol. The largest absolute Gasteiger partial charge is 0.324 e. The van der Waals surface area contributed by atoms with E-state index < -0.39 is 0 Å². The molecule has 2 aromatic carbocycles. The Morgan fingerprint density at radius 3 is 2.15 bits per heavy atom. The smallest absolute Gasteiger partial charge is 0.321 e. The van der Waals surface area contributed by atoms with E-state index in [1.165, 1.54) is 24.3 Å². The third kappa shape index (κ3) is 4.52. The van der Waals surface area contributed by atoms with Crippen LogP contribution in [0.25, 0.3) is 22.4 Å². The van der Waals surface area contributed by atoms with Crippen LogP contribution in [0, 0.1) is 11.6 Å². The molecule has 0 radical (unpaired) electrons. The Hall–Kier alpha value is -4.07. The molecular formula is C26H23F2N5O. The van der Waals surface area contributed by atoms with Crippen molar-refractivity contribution in [2.75, 3.05) is 18.4 Å². The van der Waals surface area contributed by atoms with Crippen LogP contribution in [-0.4, -0.2) is 39.2 Å². The lowest BCUT2D eigenvalue weighted by atomic mass is 9.88. The predicted octanol–water partition coefficient (Wildman–Crippen LogP) is 5.83. The number of carbonyl (C=O) groups excluding carboxylic acids is 1. The number of hydrogen-bond donors (Lipinski definition) is 2. The number of aromatic nitrogens is 3. The molecular weight excluding hydrogens is 436 g/mol. The van der Waals surface area contributed by atoms with Gasteiger partial charge in [0.1, 0.15) is 17.3 Å². The maximum absolute atomic E-state index is 13.5. The summed E-state index contributed by atoms with van der Waals surface area (Å²) in [6, 6.07) is 15.7. The topological polar surface area (TPSA) is 73.9 Å². The maximum Gasteiger partial charge on any atom is 0.321 e. The van der Waals surface area contributed by atoms with Crippen LogP contribution in [0.3, 0.4) is 0 Å². The second-order valence-corrected chi connectivity index (χ2v) is 8.30. The molecule has 6 nitrogen and oxygen atoms in total. The number of anilines is 1. The molecule has 1 aliphatic heterocycles. The average Bonchev–Trinajstić information content (AvgIpc) is 3.32. The molecule has 3 heterocycles. The van der Waals surface area contributed by atoms with E-state index in [0.717, 1.165) is 40.9 Å². The number of nitrogens with one attached hydrogen (secondary N) is 2. The highest BCUT2D eigenvalue weighted by molar-refractivity contribution is 5.89. The zero-order valence-corrected chi connectivity index (χ0v) is 18.3. The summed E-state index contributed by atoms with van der Waals surface area (Å²) < 4.78 is 26.6. The van der Waals surface area contributed by atoms with Gasteiger partial charge in [0.25, 0.3) is 0 Å². The summed E-state index contributed by atoms with van der Waals surface area (Å²) in [6.45, 7) is 1.16. The van der Waals surface area contributed by atoms with Crippen molar-refractivity contribution in [3.05, 3.63) is 90.4 Å². The Balaban J connectivity index is 1.36. The monoisotopic (exact) mass is 459 g/mol. The van der Waals surface area contributed by atoms with Crippen molar-refractivity contribution in [2.24, 2.45) is 0 Å². The molecule has 2 aromatic heterocycles. The molecule has 8 heteroatoms. The summed E-state index contributed by atoms with van der Waals surface area (Å²) in [7, 11) is 0. The van der Waals surface area contributed by atoms with Crippen LogP contribution >= 0.6 is 0 Å². The zero-order chi connectivity index (χ0) is 23.5. The summed E-state index contributed by atoms with van der Waals surface area (Å²) in [5, 5.41) is 10.6. The van der Waals surface area contributed by atoms with Crippen molar-refractivity contribution in [3.63, 3.8) is 0 Å². The van der Waals surface area contributed by atoms with Gasteiger partial charge in [-0.2, -0.15) is 5.10 Å². The highest BCUT2D eigenvalue weighted by Gasteiger charge is 2.29. The standard InChI is InChI=1S/C26H23F2N5O/c27-20-3-1-18(2-4-20)24-23(17-9-13-29-14-10-17)25(32-31-24)19-11-15-33(16-12-19)26(34)30-22-7-5-21(28)6-8-22/h1-10,13-14,19H,11-12,15-16H2,(H,30,34)(H,31,32). The van der Waals surface area contributed by atoms with Crippen molar-refractivity contribution in [2.45, 2.75) is 18.8 Å². The minimum atomic E-state index is -0.344. The normalized spacial score (nSPS) is 14.2. The molecule has 0 saturated carbocycles. The van der Waals surface area contributed by atoms with E-state index in [4.69, 9.17) is 0 Å². The van der Waals surface area contributed by atoms with Gasteiger partial charge in [-0.05, 0) is 79.1 Å². The minimum Gasteiger partial charge on any atom is -0.324 e. The van der Waals surface area contributed by atoms with Crippen molar-refractivity contribution in [3.8, 4) is 22.4 Å². The number of pyridine rings is 1. The molecule has 2 N–H and O–H groups in total. The summed E-state index contributed by atoms with van der Waals surface area (Å²) in [5.74, 6) is -0.459. The molecule has 0 atom stereocenters. The SMILES string of the molecule is O=C(Nc1ccc(F)cc1)N1CCC(c2[nH]nc(-c3ccc(F)cc3)c2-c2ccncc2)CC1. The number of urea groups is 1. The van der Waals surface area contributed by atoms with Gasteiger partial charge in [-0.3, -0.25) is 10.1 Å². The van der Waals surface area contributed by atoms with E-state index in [1.54, 1.807) is 41.6 Å². The molecule has 0 unspecified atom stereocenters. The first-order chi connectivity index (χ1) is 16.6. The summed E-state index contributed by atoms with van der Waals surface area (Å²) in [4.78, 5) is 18.6. The van der Waals surface area contributed by atoms with Gasteiger partial charge >= 0.3 is 6.03 Å². The number of likely N-dealkylation sites (tertiary alicyclic amines) is 1. The Morgan fingerprint density at radius 1 is 0.882 bits per heavy atom. The molecule has 172 valence electrons. The lowest BCUT2D eigenvalue weighted by Gasteiger charge is -2.32. The molecule has 1 fully saturated rings. The van der Waals surface area contributed by atoms with Gasteiger partial charge < -0.3 is 10.2 Å². The second kappa shape index (κ2) is 9.43. The predicted molar refractivity (Wildman–Crippen MR) is 126 cm³/mol. The van der Waals surface area contributed by atoms with E-state index in [-0.39, 0.29) is 23.6 Å². The molecule has 1 saturated heterocycles. The van der Waals surface area contributed by atoms with Crippen LogP contribution in [0.15, 0.2) is 73.1 Å². The molecule has 0 spiro atoms. The first-order valence-corrected chi connectivity index (χ1v) is 11.1. The Labute approximate surface area is 195 Å². The number of nitrogens with zero attached hydrogens (tertiary/aromatic N) is 3. The number of halogens is 2. The van der Waals surface area contributed by atoms with Gasteiger partial charge in [0, 0.05) is 53.9 Å². The minimum absolute atomic E-state index is 0.180. The number of benzene rings is 2. The Bertz CT molecular complexity index is 1270. The van der Waals surface area contributed by atoms with Crippen LogP contribution in [0.2, 0.25) is 0 Å². The number of amides is 2. The Morgan fingerprint density at radius 2 is 1.50 bits per heavy atom. The van der Waals surface area contributed by atoms with Crippen LogP contribution in [-0.2, 0) is 0 Å². The number of H-pyrrole nitrogens is 1. The molecule has 5 rings (SSSR count). The van der Waals surface area contributed by atoms with Gasteiger partial charge in [-0.25, -0.2) is 13.6 Å². The molecule has 2 amide bonds.